The molecule has 0 aromatic heterocycles. The Bertz CT molecular complexity index is 912. The van der Waals surface area contributed by atoms with Crippen LogP contribution in [0.5, 0.6) is 11.5 Å². The molecule has 138 valence electrons. The summed E-state index contributed by atoms with van der Waals surface area (Å²) in [5.41, 5.74) is 3.40. The minimum atomic E-state index is -0.251. The number of phenols is 1. The number of nitrogens with one attached hydrogen (secondary N) is 1. The molecule has 1 amide bonds. The predicted octanol–water partition coefficient (Wildman–Crippen LogP) is 3.41. The lowest BCUT2D eigenvalue weighted by atomic mass is 9.73. The first-order chi connectivity index (χ1) is 13.0. The number of ketones is 1. The second-order valence-electron chi connectivity index (χ2n) is 7.09. The Morgan fingerprint density at radius 2 is 1.59 bits per heavy atom. The van der Waals surface area contributed by atoms with Gasteiger partial charge in [-0.2, -0.15) is 0 Å². The molecule has 0 spiro atoms. The summed E-state index contributed by atoms with van der Waals surface area (Å²) in [6.07, 6.45) is 1.31. The Kier molecular flexibility index (Phi) is 4.44. The highest BCUT2D eigenvalue weighted by atomic mass is 16.5. The lowest BCUT2D eigenvalue weighted by Gasteiger charge is -2.34. The molecule has 2 unspecified atom stereocenters. The van der Waals surface area contributed by atoms with Crippen LogP contribution in [0.25, 0.3) is 0 Å². The summed E-state index contributed by atoms with van der Waals surface area (Å²) < 4.78 is 5.20. The molecule has 0 fully saturated rings. The van der Waals surface area contributed by atoms with E-state index in [1.165, 1.54) is 0 Å². The van der Waals surface area contributed by atoms with Crippen LogP contribution in [0.15, 0.2) is 59.8 Å². The van der Waals surface area contributed by atoms with Crippen LogP contribution in [0.1, 0.15) is 42.2 Å². The molecule has 1 heterocycles. The van der Waals surface area contributed by atoms with Gasteiger partial charge in [0, 0.05) is 30.0 Å². The number of carbonyl (C=O) groups is 2. The Morgan fingerprint density at radius 1 is 0.926 bits per heavy atom. The first-order valence-electron chi connectivity index (χ1n) is 9.04. The van der Waals surface area contributed by atoms with Gasteiger partial charge in [0.25, 0.3) is 0 Å². The van der Waals surface area contributed by atoms with Crippen LogP contribution < -0.4 is 10.1 Å². The van der Waals surface area contributed by atoms with E-state index in [0.29, 0.717) is 18.4 Å². The molecule has 0 bridgehead atoms. The Labute approximate surface area is 157 Å². The Morgan fingerprint density at radius 3 is 2.26 bits per heavy atom. The molecule has 5 heteroatoms. The smallest absolute Gasteiger partial charge is 0.225 e. The molecule has 1 aliphatic carbocycles. The maximum Gasteiger partial charge on any atom is 0.225 e. The first kappa shape index (κ1) is 17.3. The van der Waals surface area contributed by atoms with E-state index in [1.807, 2.05) is 24.3 Å². The summed E-state index contributed by atoms with van der Waals surface area (Å²) in [5.74, 6) is 0.742. The molecule has 2 atom stereocenters. The molecule has 0 radical (unpaired) electrons. The number of allylic oxidation sites excluding steroid dienone is 2. The lowest BCUT2D eigenvalue weighted by molar-refractivity contribution is -0.122. The minimum Gasteiger partial charge on any atom is -0.508 e. The largest absolute Gasteiger partial charge is 0.508 e. The number of carbonyl (C=O) groups excluding carboxylic acids is 2. The van der Waals surface area contributed by atoms with Crippen molar-refractivity contribution in [2.75, 3.05) is 7.11 Å². The number of hydrogen-bond acceptors (Lipinski definition) is 4. The molecule has 4 rings (SSSR count). The van der Waals surface area contributed by atoms with E-state index in [2.05, 4.69) is 5.32 Å². The Balaban J connectivity index is 1.67. The van der Waals surface area contributed by atoms with Crippen molar-refractivity contribution >= 4 is 11.7 Å². The van der Waals surface area contributed by atoms with E-state index in [0.717, 1.165) is 22.6 Å². The number of aromatic hydroxyl groups is 1. The van der Waals surface area contributed by atoms with Crippen molar-refractivity contribution in [3.63, 3.8) is 0 Å². The van der Waals surface area contributed by atoms with Gasteiger partial charge in [-0.05, 0) is 47.7 Å². The van der Waals surface area contributed by atoms with Crippen LogP contribution in [-0.4, -0.2) is 23.9 Å². The molecule has 5 nitrogen and oxygen atoms in total. The SMILES string of the molecule is COc1ccc(C2CC(=O)C3=C(C2)NC(=O)CC3c2ccc(O)cc2)cc1. The number of methoxy groups -OCH3 is 1. The fourth-order valence-electron chi connectivity index (χ4n) is 4.06. The van der Waals surface area contributed by atoms with Crippen LogP contribution in [0.2, 0.25) is 0 Å². The fourth-order valence-corrected chi connectivity index (χ4v) is 4.06. The van der Waals surface area contributed by atoms with Crippen molar-refractivity contribution in [1.82, 2.24) is 5.32 Å². The number of phenolic OH excluding ortho intramolecular Hbond substituents is 1. The molecule has 2 aliphatic rings. The monoisotopic (exact) mass is 363 g/mol. The molecule has 2 aromatic rings. The minimum absolute atomic E-state index is 0.0426. The second kappa shape index (κ2) is 6.91. The number of rotatable bonds is 3. The molecule has 0 saturated carbocycles. The molecular weight excluding hydrogens is 342 g/mol. The van der Waals surface area contributed by atoms with Gasteiger partial charge in [-0.15, -0.1) is 0 Å². The van der Waals surface area contributed by atoms with Gasteiger partial charge in [0.15, 0.2) is 5.78 Å². The summed E-state index contributed by atoms with van der Waals surface area (Å²) >= 11 is 0. The highest BCUT2D eigenvalue weighted by molar-refractivity contribution is 6.02. The van der Waals surface area contributed by atoms with Gasteiger partial charge in [-0.25, -0.2) is 0 Å². The summed E-state index contributed by atoms with van der Waals surface area (Å²) in [7, 11) is 1.62. The molecule has 0 saturated heterocycles. The number of ether oxygens (including phenoxy) is 1. The highest BCUT2D eigenvalue weighted by Gasteiger charge is 2.38. The number of Topliss-reactive ketones (excluding diaryl/α,β-unsaturated/α-hetero) is 1. The van der Waals surface area contributed by atoms with Gasteiger partial charge in [0.2, 0.25) is 5.91 Å². The standard InChI is InChI=1S/C22H21NO4/c1-27-17-8-4-13(5-9-17)15-10-19-22(20(25)11-15)18(12-21(26)23-19)14-2-6-16(24)7-3-14/h2-9,15,18,24H,10-12H2,1H3,(H,23,26). The third-order valence-corrected chi connectivity index (χ3v) is 5.42. The van der Waals surface area contributed by atoms with Crippen LogP contribution in [-0.2, 0) is 9.59 Å². The van der Waals surface area contributed by atoms with Gasteiger partial charge in [-0.3, -0.25) is 9.59 Å². The van der Waals surface area contributed by atoms with E-state index in [4.69, 9.17) is 4.74 Å². The average Bonchev–Trinajstić information content (AvgIpc) is 2.67. The molecule has 1 aliphatic heterocycles. The van der Waals surface area contributed by atoms with Crippen molar-refractivity contribution in [1.29, 1.82) is 0 Å². The van der Waals surface area contributed by atoms with Crippen LogP contribution >= 0.6 is 0 Å². The fraction of sp³-hybridized carbons (Fsp3) is 0.273. The average molecular weight is 363 g/mol. The zero-order valence-corrected chi connectivity index (χ0v) is 15.1. The second-order valence-corrected chi connectivity index (χ2v) is 7.09. The Hall–Kier alpha value is -3.08. The lowest BCUT2D eigenvalue weighted by Crippen LogP contribution is -2.38. The maximum absolute atomic E-state index is 13.0. The van der Waals surface area contributed by atoms with Crippen LogP contribution in [0, 0.1) is 0 Å². The summed E-state index contributed by atoms with van der Waals surface area (Å²) in [4.78, 5) is 25.3. The van der Waals surface area contributed by atoms with Crippen LogP contribution in [0.4, 0.5) is 0 Å². The third-order valence-electron chi connectivity index (χ3n) is 5.42. The van der Waals surface area contributed by atoms with E-state index in [1.54, 1.807) is 31.4 Å². The van der Waals surface area contributed by atoms with Crippen LogP contribution in [0.3, 0.4) is 0 Å². The first-order valence-corrected chi connectivity index (χ1v) is 9.04. The summed E-state index contributed by atoms with van der Waals surface area (Å²) in [6.45, 7) is 0. The number of amides is 1. The highest BCUT2D eigenvalue weighted by Crippen LogP contribution is 2.42. The van der Waals surface area contributed by atoms with Gasteiger partial charge < -0.3 is 15.2 Å². The molecule has 2 aromatic carbocycles. The van der Waals surface area contributed by atoms with E-state index in [9.17, 15) is 14.7 Å². The van der Waals surface area contributed by atoms with Gasteiger partial charge >= 0.3 is 0 Å². The maximum atomic E-state index is 13.0. The summed E-state index contributed by atoms with van der Waals surface area (Å²) in [5, 5.41) is 12.5. The number of benzene rings is 2. The topological polar surface area (TPSA) is 75.6 Å². The van der Waals surface area contributed by atoms with Gasteiger partial charge in [0.05, 0.1) is 7.11 Å². The van der Waals surface area contributed by atoms with Gasteiger partial charge in [-0.1, -0.05) is 24.3 Å². The number of hydrogen-bond donors (Lipinski definition) is 2. The van der Waals surface area contributed by atoms with E-state index >= 15 is 0 Å². The van der Waals surface area contributed by atoms with E-state index in [-0.39, 0.29) is 35.7 Å². The van der Waals surface area contributed by atoms with E-state index < -0.39 is 0 Å². The summed E-state index contributed by atoms with van der Waals surface area (Å²) in [6, 6.07) is 14.5. The van der Waals surface area contributed by atoms with Crippen molar-refractivity contribution in [3.05, 3.63) is 70.9 Å². The van der Waals surface area contributed by atoms with Crippen molar-refractivity contribution < 1.29 is 19.4 Å². The van der Waals surface area contributed by atoms with Crippen molar-refractivity contribution in [3.8, 4) is 11.5 Å². The zero-order chi connectivity index (χ0) is 19.0. The molecular formula is C22H21NO4. The van der Waals surface area contributed by atoms with Gasteiger partial charge in [0.1, 0.15) is 11.5 Å². The van der Waals surface area contributed by atoms with Crippen molar-refractivity contribution in [2.45, 2.75) is 31.1 Å². The van der Waals surface area contributed by atoms with Crippen molar-refractivity contribution in [2.24, 2.45) is 0 Å². The quantitative estimate of drug-likeness (QED) is 0.876. The predicted molar refractivity (Wildman–Crippen MR) is 101 cm³/mol. The molecule has 27 heavy (non-hydrogen) atoms. The normalized spacial score (nSPS) is 22.3. The zero-order valence-electron chi connectivity index (χ0n) is 15.1. The molecule has 2 N–H and O–H groups in total. The third kappa shape index (κ3) is 3.33.